The van der Waals surface area contributed by atoms with Gasteiger partial charge in [0.05, 0.1) is 5.56 Å². The molecule has 1 atom stereocenters. The Balaban J connectivity index is 2.56. The van der Waals surface area contributed by atoms with Crippen LogP contribution in [0.25, 0.3) is 10.8 Å². The number of Topliss-reactive ketones (excluding diaryl/α,β-unsaturated/α-hetero) is 1. The average molecular weight is 317 g/mol. The van der Waals surface area contributed by atoms with E-state index in [-0.39, 0.29) is 22.7 Å². The first-order valence-electron chi connectivity index (χ1n) is 6.63. The highest BCUT2D eigenvalue weighted by molar-refractivity contribution is 7.80. The smallest absolute Gasteiger partial charge is 0.327 e. The highest BCUT2D eigenvalue weighted by Gasteiger charge is 2.23. The minimum atomic E-state index is -1.17. The van der Waals surface area contributed by atoms with E-state index in [4.69, 9.17) is 5.11 Å². The molecule has 0 spiro atoms. The van der Waals surface area contributed by atoms with Crippen molar-refractivity contribution < 1.29 is 19.5 Å². The van der Waals surface area contributed by atoms with Gasteiger partial charge < -0.3 is 10.4 Å². The number of amides is 1. The van der Waals surface area contributed by atoms with Crippen molar-refractivity contribution in [2.75, 3.05) is 5.75 Å². The summed E-state index contributed by atoms with van der Waals surface area (Å²) < 4.78 is 0. The molecule has 2 N–H and O–H groups in total. The van der Waals surface area contributed by atoms with Crippen LogP contribution in [0, 0.1) is 0 Å². The number of fused-ring (bicyclic) bond motifs is 1. The fourth-order valence-corrected chi connectivity index (χ4v) is 2.47. The Bertz CT molecular complexity index is 757. The predicted molar refractivity (Wildman–Crippen MR) is 86.7 cm³/mol. The molecule has 5 nitrogen and oxygen atoms in total. The number of benzene rings is 2. The zero-order valence-corrected chi connectivity index (χ0v) is 12.8. The van der Waals surface area contributed by atoms with E-state index >= 15 is 0 Å². The number of hydrogen-bond donors (Lipinski definition) is 3. The molecule has 0 heterocycles. The first-order valence-corrected chi connectivity index (χ1v) is 7.26. The third kappa shape index (κ3) is 3.12. The highest BCUT2D eigenvalue weighted by atomic mass is 32.1. The Labute approximate surface area is 132 Å². The first-order chi connectivity index (χ1) is 10.5. The van der Waals surface area contributed by atoms with E-state index in [9.17, 15) is 14.4 Å². The number of thiol groups is 1. The summed E-state index contributed by atoms with van der Waals surface area (Å²) in [6.45, 7) is 1.37. The van der Waals surface area contributed by atoms with E-state index < -0.39 is 17.9 Å². The topological polar surface area (TPSA) is 83.5 Å². The van der Waals surface area contributed by atoms with Crippen molar-refractivity contribution in [2.45, 2.75) is 13.0 Å². The van der Waals surface area contributed by atoms with Crippen LogP contribution in [-0.2, 0) is 4.79 Å². The summed E-state index contributed by atoms with van der Waals surface area (Å²) in [6.07, 6.45) is 0. The molecule has 0 aliphatic carbocycles. The Morgan fingerprint density at radius 3 is 2.45 bits per heavy atom. The lowest BCUT2D eigenvalue weighted by molar-refractivity contribution is -0.138. The molecule has 6 heteroatoms. The molecule has 0 unspecified atom stereocenters. The maximum Gasteiger partial charge on any atom is 0.327 e. The minimum absolute atomic E-state index is 0.0404. The standard InChI is InChI=1S/C16H15NO4S/c1-9(18)11-7-6-10-4-2-3-5-12(10)14(11)15(19)17-13(8-22)16(20)21/h2-7,13,22H,8H2,1H3,(H,17,19)(H,20,21)/t13-/m0/s1. The first kappa shape index (κ1) is 16.0. The summed E-state index contributed by atoms with van der Waals surface area (Å²) in [5, 5.41) is 12.8. The summed E-state index contributed by atoms with van der Waals surface area (Å²) in [6, 6.07) is 9.36. The number of rotatable bonds is 5. The van der Waals surface area contributed by atoms with Crippen LogP contribution in [0.3, 0.4) is 0 Å². The van der Waals surface area contributed by atoms with E-state index in [1.807, 2.05) is 12.1 Å². The molecule has 0 fully saturated rings. The molecular weight excluding hydrogens is 302 g/mol. The highest BCUT2D eigenvalue weighted by Crippen LogP contribution is 2.23. The second kappa shape index (κ2) is 6.62. The lowest BCUT2D eigenvalue weighted by Gasteiger charge is -2.15. The van der Waals surface area contributed by atoms with Crippen LogP contribution in [-0.4, -0.2) is 34.6 Å². The van der Waals surface area contributed by atoms with E-state index in [0.29, 0.717) is 5.39 Å². The van der Waals surface area contributed by atoms with E-state index in [0.717, 1.165) is 5.39 Å². The van der Waals surface area contributed by atoms with E-state index in [1.54, 1.807) is 24.3 Å². The monoisotopic (exact) mass is 317 g/mol. The second-order valence-electron chi connectivity index (χ2n) is 4.81. The van der Waals surface area contributed by atoms with Crippen molar-refractivity contribution in [3.8, 4) is 0 Å². The van der Waals surface area contributed by atoms with Gasteiger partial charge in [-0.2, -0.15) is 12.6 Å². The molecule has 2 aromatic rings. The van der Waals surface area contributed by atoms with Gasteiger partial charge in [0, 0.05) is 11.3 Å². The summed E-state index contributed by atoms with van der Waals surface area (Å²) in [7, 11) is 0. The Kier molecular flexibility index (Phi) is 4.82. The average Bonchev–Trinajstić information content (AvgIpc) is 2.50. The number of carboxylic acids is 1. The third-order valence-electron chi connectivity index (χ3n) is 3.32. The molecule has 0 radical (unpaired) electrons. The molecule has 0 saturated heterocycles. The fourth-order valence-electron chi connectivity index (χ4n) is 2.23. The zero-order valence-electron chi connectivity index (χ0n) is 11.9. The molecule has 2 rings (SSSR count). The minimum Gasteiger partial charge on any atom is -0.480 e. The van der Waals surface area contributed by atoms with Crippen molar-refractivity contribution in [1.82, 2.24) is 5.32 Å². The van der Waals surface area contributed by atoms with E-state index in [1.165, 1.54) is 6.92 Å². The third-order valence-corrected chi connectivity index (χ3v) is 3.69. The lowest BCUT2D eigenvalue weighted by Crippen LogP contribution is -2.42. The van der Waals surface area contributed by atoms with Crippen LogP contribution in [0.1, 0.15) is 27.6 Å². The van der Waals surface area contributed by atoms with Gasteiger partial charge in [-0.05, 0) is 23.8 Å². The summed E-state index contributed by atoms with van der Waals surface area (Å²) in [5.74, 6) is -2.06. The maximum absolute atomic E-state index is 12.5. The maximum atomic E-state index is 12.5. The van der Waals surface area contributed by atoms with Gasteiger partial charge in [0.2, 0.25) is 0 Å². The van der Waals surface area contributed by atoms with Crippen molar-refractivity contribution in [1.29, 1.82) is 0 Å². The molecule has 1 amide bonds. The van der Waals surface area contributed by atoms with Crippen LogP contribution >= 0.6 is 12.6 Å². The van der Waals surface area contributed by atoms with Gasteiger partial charge in [0.1, 0.15) is 6.04 Å². The largest absolute Gasteiger partial charge is 0.480 e. The Morgan fingerprint density at radius 1 is 1.18 bits per heavy atom. The number of carboxylic acid groups (broad SMARTS) is 1. The molecule has 2 aromatic carbocycles. The Hall–Kier alpha value is -2.34. The number of ketones is 1. The normalized spacial score (nSPS) is 11.9. The molecule has 114 valence electrons. The SMILES string of the molecule is CC(=O)c1ccc2ccccc2c1C(=O)N[C@@H](CS)C(=O)O. The molecule has 0 aromatic heterocycles. The number of carbonyl (C=O) groups is 3. The molecular formula is C16H15NO4S. The van der Waals surface area contributed by atoms with Crippen molar-refractivity contribution in [3.05, 3.63) is 47.5 Å². The van der Waals surface area contributed by atoms with Crippen molar-refractivity contribution in [3.63, 3.8) is 0 Å². The van der Waals surface area contributed by atoms with Gasteiger partial charge in [-0.15, -0.1) is 0 Å². The van der Waals surface area contributed by atoms with Crippen LogP contribution < -0.4 is 5.32 Å². The number of hydrogen-bond acceptors (Lipinski definition) is 4. The predicted octanol–water partition coefficient (Wildman–Crippen LogP) is 2.16. The van der Waals surface area contributed by atoms with Gasteiger partial charge in [0.15, 0.2) is 5.78 Å². The van der Waals surface area contributed by atoms with Crippen LogP contribution in [0.4, 0.5) is 0 Å². The number of aliphatic carboxylic acids is 1. The van der Waals surface area contributed by atoms with Crippen LogP contribution in [0.15, 0.2) is 36.4 Å². The zero-order chi connectivity index (χ0) is 16.3. The Morgan fingerprint density at radius 2 is 1.86 bits per heavy atom. The van der Waals surface area contributed by atoms with Gasteiger partial charge >= 0.3 is 5.97 Å². The van der Waals surface area contributed by atoms with E-state index in [2.05, 4.69) is 17.9 Å². The van der Waals surface area contributed by atoms with Crippen LogP contribution in [0.5, 0.6) is 0 Å². The van der Waals surface area contributed by atoms with Crippen LogP contribution in [0.2, 0.25) is 0 Å². The number of nitrogens with one attached hydrogen (secondary N) is 1. The molecule has 0 aliphatic heterocycles. The molecule has 0 bridgehead atoms. The van der Waals surface area contributed by atoms with Gasteiger partial charge in [0.25, 0.3) is 5.91 Å². The summed E-state index contributed by atoms with van der Waals surface area (Å²) in [5.41, 5.74) is 0.457. The van der Waals surface area contributed by atoms with Crippen molar-refractivity contribution >= 4 is 41.1 Å². The summed E-state index contributed by atoms with van der Waals surface area (Å²) in [4.78, 5) is 35.3. The lowest BCUT2D eigenvalue weighted by atomic mass is 9.96. The number of carbonyl (C=O) groups excluding carboxylic acids is 2. The van der Waals surface area contributed by atoms with Gasteiger partial charge in [-0.3, -0.25) is 9.59 Å². The quantitative estimate of drug-likeness (QED) is 0.583. The fraction of sp³-hybridized carbons (Fsp3) is 0.188. The molecule has 0 aliphatic rings. The van der Waals surface area contributed by atoms with Gasteiger partial charge in [-0.1, -0.05) is 30.3 Å². The second-order valence-corrected chi connectivity index (χ2v) is 5.18. The molecule has 22 heavy (non-hydrogen) atoms. The molecule has 0 saturated carbocycles. The van der Waals surface area contributed by atoms with Crippen molar-refractivity contribution in [2.24, 2.45) is 0 Å². The van der Waals surface area contributed by atoms with Gasteiger partial charge in [-0.25, -0.2) is 4.79 Å². The summed E-state index contributed by atoms with van der Waals surface area (Å²) >= 11 is 3.92.